The van der Waals surface area contributed by atoms with Gasteiger partial charge in [-0.25, -0.2) is 0 Å². The summed E-state index contributed by atoms with van der Waals surface area (Å²) in [5.74, 6) is -0.140. The molecule has 1 aromatic heterocycles. The van der Waals surface area contributed by atoms with E-state index in [9.17, 15) is 4.79 Å². The summed E-state index contributed by atoms with van der Waals surface area (Å²) < 4.78 is 5.66. The summed E-state index contributed by atoms with van der Waals surface area (Å²) in [6, 6.07) is 3.90. The van der Waals surface area contributed by atoms with Crippen molar-refractivity contribution < 1.29 is 9.53 Å². The third kappa shape index (κ3) is 4.96. The zero-order valence-corrected chi connectivity index (χ0v) is 11.1. The maximum absolute atomic E-state index is 11.1. The lowest BCUT2D eigenvalue weighted by molar-refractivity contribution is -0.143. The molecule has 0 aliphatic heterocycles. The molecule has 0 N–H and O–H groups in total. The van der Waals surface area contributed by atoms with Gasteiger partial charge in [0.2, 0.25) is 0 Å². The molecule has 0 fully saturated rings. The number of ether oxygens (including phenoxy) is 1. The van der Waals surface area contributed by atoms with Gasteiger partial charge in [-0.1, -0.05) is 11.6 Å². The predicted molar refractivity (Wildman–Crippen MR) is 66.9 cm³/mol. The van der Waals surface area contributed by atoms with Crippen LogP contribution in [0.4, 0.5) is 0 Å². The Morgan fingerprint density at radius 2 is 2.31 bits per heavy atom. The Kier molecular flexibility index (Phi) is 5.80. The van der Waals surface area contributed by atoms with Crippen LogP contribution in [0.3, 0.4) is 0 Å². The lowest BCUT2D eigenvalue weighted by atomic mass is 10.3. The molecule has 1 rings (SSSR count). The fraction of sp³-hybridized carbons (Fsp3) is 0.545. The Bertz CT molecular complexity index is 340. The summed E-state index contributed by atoms with van der Waals surface area (Å²) in [5.41, 5.74) is 0. The molecule has 5 heteroatoms. The average molecular weight is 262 g/mol. The molecule has 0 radical (unpaired) electrons. The number of nitrogens with zero attached hydrogens (tertiary/aromatic N) is 1. The summed E-state index contributed by atoms with van der Waals surface area (Å²) in [6.45, 7) is 3.78. The Morgan fingerprint density at radius 1 is 1.56 bits per heavy atom. The van der Waals surface area contributed by atoms with Gasteiger partial charge in [-0.2, -0.15) is 0 Å². The molecule has 3 nitrogen and oxygen atoms in total. The molecule has 0 bridgehead atoms. The molecule has 0 atom stereocenters. The maximum atomic E-state index is 11.1. The summed E-state index contributed by atoms with van der Waals surface area (Å²) in [4.78, 5) is 14.4. The van der Waals surface area contributed by atoms with Crippen molar-refractivity contribution in [2.45, 2.75) is 19.9 Å². The van der Waals surface area contributed by atoms with Gasteiger partial charge in [-0.15, -0.1) is 11.3 Å². The highest BCUT2D eigenvalue weighted by Crippen LogP contribution is 2.22. The van der Waals surface area contributed by atoms with Crippen molar-refractivity contribution in [1.82, 2.24) is 4.90 Å². The Hall–Kier alpha value is -0.580. The molecule has 0 saturated carbocycles. The van der Waals surface area contributed by atoms with Gasteiger partial charge in [-0.05, 0) is 26.1 Å². The van der Waals surface area contributed by atoms with E-state index in [4.69, 9.17) is 16.3 Å². The maximum Gasteiger partial charge on any atom is 0.307 e. The molecule has 1 heterocycles. The van der Waals surface area contributed by atoms with Gasteiger partial charge in [-0.3, -0.25) is 4.79 Å². The molecule has 0 aliphatic rings. The molecule has 90 valence electrons. The number of carbonyl (C=O) groups excluding carboxylic acids is 1. The monoisotopic (exact) mass is 261 g/mol. The Morgan fingerprint density at radius 3 is 2.88 bits per heavy atom. The van der Waals surface area contributed by atoms with Gasteiger partial charge in [0.25, 0.3) is 0 Å². The van der Waals surface area contributed by atoms with Gasteiger partial charge in [0, 0.05) is 18.0 Å². The van der Waals surface area contributed by atoms with Crippen molar-refractivity contribution in [3.05, 3.63) is 21.3 Å². The molecule has 0 amide bonds. The normalized spacial score (nSPS) is 10.8. The van der Waals surface area contributed by atoms with Crippen molar-refractivity contribution in [3.63, 3.8) is 0 Å². The predicted octanol–water partition coefficient (Wildman–Crippen LogP) is 2.79. The van der Waals surface area contributed by atoms with Crippen LogP contribution in [0.15, 0.2) is 12.1 Å². The number of hydrogen-bond donors (Lipinski definition) is 0. The molecule has 0 aromatic carbocycles. The standard InChI is InChI=1S/C11H16ClNO2S/c1-3-15-11(14)6-7-13(2)8-9-4-5-10(12)16-9/h4-5H,3,6-8H2,1-2H3. The summed E-state index contributed by atoms with van der Waals surface area (Å²) >= 11 is 7.41. The van der Waals surface area contributed by atoms with Crippen molar-refractivity contribution in [2.75, 3.05) is 20.2 Å². The van der Waals surface area contributed by atoms with Crippen LogP contribution >= 0.6 is 22.9 Å². The quantitative estimate of drug-likeness (QED) is 0.738. The van der Waals surface area contributed by atoms with E-state index >= 15 is 0 Å². The Labute approximate surface area is 105 Å². The first-order valence-corrected chi connectivity index (χ1v) is 6.39. The van der Waals surface area contributed by atoms with Gasteiger partial charge in [0.05, 0.1) is 17.4 Å². The zero-order valence-electron chi connectivity index (χ0n) is 9.53. The van der Waals surface area contributed by atoms with Crippen molar-refractivity contribution in [2.24, 2.45) is 0 Å². The van der Waals surface area contributed by atoms with E-state index in [0.29, 0.717) is 19.6 Å². The highest BCUT2D eigenvalue weighted by atomic mass is 35.5. The lowest BCUT2D eigenvalue weighted by Gasteiger charge is -2.14. The van der Waals surface area contributed by atoms with Crippen LogP contribution in [0.25, 0.3) is 0 Å². The zero-order chi connectivity index (χ0) is 12.0. The molecule has 1 aromatic rings. The highest BCUT2D eigenvalue weighted by molar-refractivity contribution is 7.16. The number of rotatable bonds is 6. The van der Waals surface area contributed by atoms with Gasteiger partial charge >= 0.3 is 5.97 Å². The smallest absolute Gasteiger partial charge is 0.307 e. The van der Waals surface area contributed by atoms with Crippen molar-refractivity contribution >= 4 is 28.9 Å². The van der Waals surface area contributed by atoms with Crippen LogP contribution in [-0.2, 0) is 16.1 Å². The molecule has 0 saturated heterocycles. The summed E-state index contributed by atoms with van der Waals surface area (Å²) in [6.07, 6.45) is 0.434. The van der Waals surface area contributed by atoms with E-state index in [0.717, 1.165) is 10.9 Å². The highest BCUT2D eigenvalue weighted by Gasteiger charge is 2.06. The van der Waals surface area contributed by atoms with E-state index in [2.05, 4.69) is 4.90 Å². The summed E-state index contributed by atoms with van der Waals surface area (Å²) in [7, 11) is 1.98. The first kappa shape index (κ1) is 13.5. The van der Waals surface area contributed by atoms with Crippen LogP contribution in [0.2, 0.25) is 4.34 Å². The van der Waals surface area contributed by atoms with E-state index in [1.165, 1.54) is 4.88 Å². The van der Waals surface area contributed by atoms with E-state index in [-0.39, 0.29) is 5.97 Å². The fourth-order valence-electron chi connectivity index (χ4n) is 1.30. The van der Waals surface area contributed by atoms with E-state index in [1.54, 1.807) is 11.3 Å². The molecule has 0 aliphatic carbocycles. The SMILES string of the molecule is CCOC(=O)CCN(C)Cc1ccc(Cl)s1. The minimum absolute atomic E-state index is 0.140. The number of hydrogen-bond acceptors (Lipinski definition) is 4. The first-order valence-electron chi connectivity index (χ1n) is 5.20. The van der Waals surface area contributed by atoms with Crippen LogP contribution in [0.5, 0.6) is 0 Å². The first-order chi connectivity index (χ1) is 7.61. The second kappa shape index (κ2) is 6.89. The minimum atomic E-state index is -0.140. The van der Waals surface area contributed by atoms with Crippen molar-refractivity contribution in [1.29, 1.82) is 0 Å². The van der Waals surface area contributed by atoms with Crippen LogP contribution in [-0.4, -0.2) is 31.1 Å². The van der Waals surface area contributed by atoms with E-state index in [1.807, 2.05) is 26.1 Å². The third-order valence-corrected chi connectivity index (χ3v) is 3.27. The second-order valence-corrected chi connectivity index (χ2v) is 5.30. The minimum Gasteiger partial charge on any atom is -0.466 e. The fourth-order valence-corrected chi connectivity index (χ4v) is 2.46. The molecular weight excluding hydrogens is 246 g/mol. The molecular formula is C11H16ClNO2S. The van der Waals surface area contributed by atoms with Gasteiger partial charge in [0.1, 0.15) is 0 Å². The van der Waals surface area contributed by atoms with Gasteiger partial charge in [0.15, 0.2) is 0 Å². The molecule has 0 spiro atoms. The number of esters is 1. The number of carbonyl (C=O) groups is 1. The third-order valence-electron chi connectivity index (χ3n) is 2.06. The number of thiophene rings is 1. The van der Waals surface area contributed by atoms with Crippen LogP contribution < -0.4 is 0 Å². The summed E-state index contributed by atoms with van der Waals surface area (Å²) in [5, 5.41) is 0. The van der Waals surface area contributed by atoms with Crippen LogP contribution in [0.1, 0.15) is 18.2 Å². The largest absolute Gasteiger partial charge is 0.466 e. The topological polar surface area (TPSA) is 29.5 Å². The number of halogens is 1. The lowest BCUT2D eigenvalue weighted by Crippen LogP contribution is -2.21. The average Bonchev–Trinajstić information content (AvgIpc) is 2.61. The van der Waals surface area contributed by atoms with E-state index < -0.39 is 0 Å². The second-order valence-electron chi connectivity index (χ2n) is 3.50. The molecule has 0 unspecified atom stereocenters. The Balaban J connectivity index is 2.25. The molecule has 16 heavy (non-hydrogen) atoms. The van der Waals surface area contributed by atoms with Gasteiger partial charge < -0.3 is 9.64 Å². The van der Waals surface area contributed by atoms with Crippen molar-refractivity contribution in [3.8, 4) is 0 Å². The van der Waals surface area contributed by atoms with Crippen LogP contribution in [0, 0.1) is 0 Å².